The lowest BCUT2D eigenvalue weighted by atomic mass is 10.2. The van der Waals surface area contributed by atoms with E-state index in [1.165, 1.54) is 35.5 Å². The summed E-state index contributed by atoms with van der Waals surface area (Å²) in [5.41, 5.74) is 0.471. The van der Waals surface area contributed by atoms with Crippen LogP contribution in [0.5, 0.6) is 11.5 Å². The van der Waals surface area contributed by atoms with Crippen LogP contribution in [0, 0.1) is 0 Å². The van der Waals surface area contributed by atoms with Crippen LogP contribution in [0.3, 0.4) is 0 Å². The molecule has 0 radical (unpaired) electrons. The second-order valence-electron chi connectivity index (χ2n) is 5.20. The number of benzene rings is 2. The zero-order valence-electron chi connectivity index (χ0n) is 13.2. The number of ether oxygens (including phenoxy) is 2. The molecule has 2 aromatic carbocycles. The predicted octanol–water partition coefficient (Wildman–Crippen LogP) is 2.35. The Morgan fingerprint density at radius 1 is 1.08 bits per heavy atom. The maximum absolute atomic E-state index is 12.8. The molecule has 3 rings (SSSR count). The fourth-order valence-electron chi connectivity index (χ4n) is 2.40. The van der Waals surface area contributed by atoms with Crippen LogP contribution in [0.25, 0.3) is 10.9 Å². The summed E-state index contributed by atoms with van der Waals surface area (Å²) in [6, 6.07) is 12.4. The van der Waals surface area contributed by atoms with E-state index in [2.05, 4.69) is 0 Å². The van der Waals surface area contributed by atoms with Crippen molar-refractivity contribution in [3.8, 4) is 11.5 Å². The molecular weight excluding hydrogens is 346 g/mol. The van der Waals surface area contributed by atoms with Gasteiger partial charge in [-0.25, -0.2) is 17.2 Å². The highest BCUT2D eigenvalue weighted by atomic mass is 32.2. The molecule has 0 atom stereocenters. The first-order chi connectivity index (χ1) is 11.9. The van der Waals surface area contributed by atoms with Crippen molar-refractivity contribution in [1.82, 2.24) is 3.97 Å². The standard InChI is InChI=1S/C17H15NO6S/c1-23-13-2-5-15(6-3-13)25(21,22)18-9-8-12-10-14(4-7-16(12)18)24-11-17(19)20/h2-10H,11H2,1H3,(H,19,20). The molecule has 0 bridgehead atoms. The molecule has 0 aliphatic heterocycles. The Labute approximate surface area is 144 Å². The van der Waals surface area contributed by atoms with Crippen LogP contribution >= 0.6 is 0 Å². The zero-order valence-corrected chi connectivity index (χ0v) is 14.1. The molecule has 8 heteroatoms. The van der Waals surface area contributed by atoms with Gasteiger partial charge in [0.2, 0.25) is 0 Å². The quantitative estimate of drug-likeness (QED) is 0.724. The summed E-state index contributed by atoms with van der Waals surface area (Å²) in [6.07, 6.45) is 1.45. The minimum Gasteiger partial charge on any atom is -0.497 e. The Bertz CT molecular complexity index is 1020. The van der Waals surface area contributed by atoms with Crippen molar-refractivity contribution in [1.29, 1.82) is 0 Å². The molecule has 0 aliphatic rings. The first-order valence-electron chi connectivity index (χ1n) is 7.27. The topological polar surface area (TPSA) is 94.8 Å². The Morgan fingerprint density at radius 2 is 1.76 bits per heavy atom. The van der Waals surface area contributed by atoms with Crippen LogP contribution in [0.4, 0.5) is 0 Å². The van der Waals surface area contributed by atoms with Crippen molar-refractivity contribution < 1.29 is 27.8 Å². The van der Waals surface area contributed by atoms with E-state index in [9.17, 15) is 13.2 Å². The largest absolute Gasteiger partial charge is 0.497 e. The van der Waals surface area contributed by atoms with Gasteiger partial charge in [-0.15, -0.1) is 0 Å². The third-order valence-electron chi connectivity index (χ3n) is 3.60. The summed E-state index contributed by atoms with van der Waals surface area (Å²) in [7, 11) is -2.25. The number of fused-ring (bicyclic) bond motifs is 1. The minimum atomic E-state index is -3.76. The molecule has 0 fully saturated rings. The van der Waals surface area contributed by atoms with Crippen molar-refractivity contribution in [2.75, 3.05) is 13.7 Å². The number of hydrogen-bond acceptors (Lipinski definition) is 5. The van der Waals surface area contributed by atoms with Gasteiger partial charge in [0.25, 0.3) is 10.0 Å². The van der Waals surface area contributed by atoms with Crippen LogP contribution < -0.4 is 9.47 Å². The summed E-state index contributed by atoms with van der Waals surface area (Å²) in [4.78, 5) is 10.7. The Balaban J connectivity index is 1.98. The van der Waals surface area contributed by atoms with Gasteiger partial charge in [-0.05, 0) is 48.5 Å². The number of carboxylic acids is 1. The van der Waals surface area contributed by atoms with Gasteiger partial charge in [-0.3, -0.25) is 0 Å². The highest BCUT2D eigenvalue weighted by molar-refractivity contribution is 7.90. The average Bonchev–Trinajstić information content (AvgIpc) is 3.04. The van der Waals surface area contributed by atoms with Crippen molar-refractivity contribution in [2.24, 2.45) is 0 Å². The van der Waals surface area contributed by atoms with Crippen molar-refractivity contribution in [3.05, 3.63) is 54.7 Å². The summed E-state index contributed by atoms with van der Waals surface area (Å²) in [6.45, 7) is -0.462. The zero-order chi connectivity index (χ0) is 18.0. The smallest absolute Gasteiger partial charge is 0.341 e. The van der Waals surface area contributed by atoms with Gasteiger partial charge in [0.1, 0.15) is 11.5 Å². The Kier molecular flexibility index (Phi) is 4.37. The van der Waals surface area contributed by atoms with Crippen LogP contribution in [0.2, 0.25) is 0 Å². The molecule has 0 saturated carbocycles. The molecule has 0 unspecified atom stereocenters. The molecule has 7 nitrogen and oxygen atoms in total. The Morgan fingerprint density at radius 3 is 2.40 bits per heavy atom. The number of hydrogen-bond donors (Lipinski definition) is 1. The fraction of sp³-hybridized carbons (Fsp3) is 0.118. The number of methoxy groups -OCH3 is 1. The van der Waals surface area contributed by atoms with Gasteiger partial charge < -0.3 is 14.6 Å². The van der Waals surface area contributed by atoms with E-state index in [1.54, 1.807) is 30.3 Å². The van der Waals surface area contributed by atoms with Crippen molar-refractivity contribution in [2.45, 2.75) is 4.90 Å². The number of carbonyl (C=O) groups is 1. The van der Waals surface area contributed by atoms with Gasteiger partial charge in [0, 0.05) is 11.6 Å². The number of carboxylic acid groups (broad SMARTS) is 1. The van der Waals surface area contributed by atoms with E-state index in [0.717, 1.165) is 0 Å². The monoisotopic (exact) mass is 361 g/mol. The molecule has 1 aromatic heterocycles. The van der Waals surface area contributed by atoms with Crippen LogP contribution in [0.15, 0.2) is 59.6 Å². The number of aliphatic carboxylic acids is 1. The molecule has 130 valence electrons. The molecule has 25 heavy (non-hydrogen) atoms. The van der Waals surface area contributed by atoms with E-state index in [-0.39, 0.29) is 4.90 Å². The van der Waals surface area contributed by atoms with Crippen molar-refractivity contribution >= 4 is 26.9 Å². The van der Waals surface area contributed by atoms with E-state index < -0.39 is 22.6 Å². The molecule has 3 aromatic rings. The molecule has 0 amide bonds. The maximum atomic E-state index is 12.8. The van der Waals surface area contributed by atoms with E-state index in [0.29, 0.717) is 22.4 Å². The molecule has 0 spiro atoms. The molecule has 0 aliphatic carbocycles. The van der Waals surface area contributed by atoms with Crippen LogP contribution in [-0.4, -0.2) is 37.2 Å². The highest BCUT2D eigenvalue weighted by Crippen LogP contribution is 2.26. The SMILES string of the molecule is COc1ccc(S(=O)(=O)n2ccc3cc(OCC(=O)O)ccc32)cc1. The van der Waals surface area contributed by atoms with Crippen molar-refractivity contribution in [3.63, 3.8) is 0 Å². The lowest BCUT2D eigenvalue weighted by Gasteiger charge is -2.09. The molecule has 1 N–H and O–H groups in total. The van der Waals surface area contributed by atoms with Crippen LogP contribution in [0.1, 0.15) is 0 Å². The van der Waals surface area contributed by atoms with Gasteiger partial charge in [-0.1, -0.05) is 0 Å². The van der Waals surface area contributed by atoms with Gasteiger partial charge in [0.05, 0.1) is 17.5 Å². The van der Waals surface area contributed by atoms with Gasteiger partial charge in [-0.2, -0.15) is 0 Å². The van der Waals surface area contributed by atoms with E-state index in [1.807, 2.05) is 0 Å². The lowest BCUT2D eigenvalue weighted by molar-refractivity contribution is -0.139. The lowest BCUT2D eigenvalue weighted by Crippen LogP contribution is -2.12. The Hall–Kier alpha value is -3.00. The highest BCUT2D eigenvalue weighted by Gasteiger charge is 2.19. The summed E-state index contributed by atoms with van der Waals surface area (Å²) < 4.78 is 37.0. The van der Waals surface area contributed by atoms with E-state index in [4.69, 9.17) is 14.6 Å². The predicted molar refractivity (Wildman–Crippen MR) is 90.6 cm³/mol. The average molecular weight is 361 g/mol. The first-order valence-corrected chi connectivity index (χ1v) is 8.71. The third kappa shape index (κ3) is 3.29. The molecule has 1 heterocycles. The maximum Gasteiger partial charge on any atom is 0.341 e. The van der Waals surface area contributed by atoms with Gasteiger partial charge >= 0.3 is 5.97 Å². The molecule has 0 saturated heterocycles. The van der Waals surface area contributed by atoms with E-state index >= 15 is 0 Å². The number of rotatable bonds is 6. The normalized spacial score (nSPS) is 11.4. The second-order valence-corrected chi connectivity index (χ2v) is 7.01. The summed E-state index contributed by atoms with van der Waals surface area (Å²) >= 11 is 0. The second kappa shape index (κ2) is 6.48. The van der Waals surface area contributed by atoms with Crippen LogP contribution in [-0.2, 0) is 14.8 Å². The summed E-state index contributed by atoms with van der Waals surface area (Å²) in [5.74, 6) is -0.161. The fourth-order valence-corrected chi connectivity index (χ4v) is 3.75. The minimum absolute atomic E-state index is 0.136. The molecular formula is C17H15NO6S. The number of nitrogens with zero attached hydrogens (tertiary/aromatic N) is 1. The number of aromatic nitrogens is 1. The van der Waals surface area contributed by atoms with Gasteiger partial charge in [0.15, 0.2) is 6.61 Å². The summed E-state index contributed by atoms with van der Waals surface area (Å²) in [5, 5.41) is 9.27. The third-order valence-corrected chi connectivity index (χ3v) is 5.31. The first kappa shape index (κ1) is 16.8.